The van der Waals surface area contributed by atoms with Crippen LogP contribution < -0.4 is 0 Å². The van der Waals surface area contributed by atoms with E-state index < -0.39 is 34.6 Å². The molecule has 0 aromatic heterocycles. The Kier molecular flexibility index (Phi) is 7.75. The summed E-state index contributed by atoms with van der Waals surface area (Å²) in [5.41, 5.74) is 0. The van der Waals surface area contributed by atoms with Crippen molar-refractivity contribution in [1.29, 1.82) is 0 Å². The molecular weight excluding hydrogens is 520 g/mol. The smallest absolute Gasteiger partial charge is 0.308 e. The van der Waals surface area contributed by atoms with E-state index in [0.717, 1.165) is 32.1 Å². The predicted molar refractivity (Wildman–Crippen MR) is 136 cm³/mol. The monoisotopic (exact) mass is 556 g/mol. The number of rotatable bonds is 9. The van der Waals surface area contributed by atoms with Crippen LogP contribution in [0, 0.1) is 17.8 Å². The summed E-state index contributed by atoms with van der Waals surface area (Å²) in [5.74, 6) is -2.73. The molecule has 3 unspecified atom stereocenters. The number of carbonyl (C=O) groups excluding carboxylic acids is 2. The van der Waals surface area contributed by atoms with E-state index in [1.807, 2.05) is 18.7 Å². The number of carbonyl (C=O) groups is 3. The number of carboxylic acids is 1. The summed E-state index contributed by atoms with van der Waals surface area (Å²) < 4.78 is -0.797. The number of thioether (sulfide) groups is 1. The average Bonchev–Trinajstić information content (AvgIpc) is 3.39. The lowest BCUT2D eigenvalue weighted by Gasteiger charge is -2.43. The highest BCUT2D eigenvalue weighted by atomic mass is 79.9. The van der Waals surface area contributed by atoms with Gasteiger partial charge in [0.1, 0.15) is 6.04 Å². The number of halogens is 1. The number of aliphatic carboxylic acids is 1. The van der Waals surface area contributed by atoms with E-state index in [1.165, 1.54) is 11.8 Å². The third-order valence-electron chi connectivity index (χ3n) is 8.22. The number of carboxylic acid groups (broad SMARTS) is 1. The Bertz CT molecular complexity index is 834. The van der Waals surface area contributed by atoms with E-state index in [2.05, 4.69) is 22.5 Å². The van der Waals surface area contributed by atoms with E-state index >= 15 is 0 Å². The van der Waals surface area contributed by atoms with Gasteiger partial charge in [0.2, 0.25) is 11.8 Å². The van der Waals surface area contributed by atoms with Gasteiger partial charge in [-0.15, -0.1) is 18.3 Å². The first kappa shape index (κ1) is 26.0. The fraction of sp³-hybridized carbons (Fsp3) is 0.800. The van der Waals surface area contributed by atoms with E-state index in [0.29, 0.717) is 19.4 Å². The number of fused-ring (bicyclic) bond motifs is 1. The van der Waals surface area contributed by atoms with Crippen LogP contribution in [0.1, 0.15) is 58.8 Å². The minimum absolute atomic E-state index is 0.0712. The van der Waals surface area contributed by atoms with Gasteiger partial charge >= 0.3 is 5.97 Å². The van der Waals surface area contributed by atoms with Crippen molar-refractivity contribution >= 4 is 45.5 Å². The van der Waals surface area contributed by atoms with Gasteiger partial charge < -0.3 is 20.0 Å². The Balaban J connectivity index is 1.80. The van der Waals surface area contributed by atoms with Gasteiger partial charge in [-0.2, -0.15) is 0 Å². The second-order valence-electron chi connectivity index (χ2n) is 10.8. The number of amides is 2. The van der Waals surface area contributed by atoms with Crippen LogP contribution in [0.2, 0.25) is 0 Å². The first-order valence-corrected chi connectivity index (χ1v) is 14.4. The lowest BCUT2D eigenvalue weighted by molar-refractivity contribution is -0.150. The summed E-state index contributed by atoms with van der Waals surface area (Å²) in [7, 11) is 0. The van der Waals surface area contributed by atoms with Gasteiger partial charge in [0.05, 0.1) is 29.2 Å². The Labute approximate surface area is 214 Å². The van der Waals surface area contributed by atoms with E-state index in [4.69, 9.17) is 0 Å². The summed E-state index contributed by atoms with van der Waals surface area (Å²) in [6.07, 6.45) is 8.04. The Morgan fingerprint density at radius 3 is 2.56 bits per heavy atom. The van der Waals surface area contributed by atoms with Crippen LogP contribution in [0.4, 0.5) is 0 Å². The van der Waals surface area contributed by atoms with Gasteiger partial charge in [-0.1, -0.05) is 55.1 Å². The molecule has 3 heterocycles. The zero-order valence-electron chi connectivity index (χ0n) is 20.1. The highest BCUT2D eigenvalue weighted by molar-refractivity contribution is 9.09. The van der Waals surface area contributed by atoms with Crippen molar-refractivity contribution in [3.8, 4) is 0 Å². The fourth-order valence-electron chi connectivity index (χ4n) is 6.95. The maximum atomic E-state index is 14.4. The molecule has 2 amide bonds. The number of alkyl halides is 1. The maximum absolute atomic E-state index is 14.4. The molecule has 0 aromatic rings. The SMILES string of the molecule is C=CCN(C(=O)C1N([C@@H](CO)CC(C)C)C(=O)[C@@H]2[C@@H](C(=O)O)[C@@H]3SC12CC3Br)C1CCCCC1. The molecule has 1 spiro atoms. The van der Waals surface area contributed by atoms with Crippen molar-refractivity contribution in [2.45, 2.75) is 91.7 Å². The molecule has 0 aromatic carbocycles. The van der Waals surface area contributed by atoms with Crippen molar-refractivity contribution < 1.29 is 24.6 Å². The number of hydrogen-bond acceptors (Lipinski definition) is 5. The number of aliphatic hydroxyl groups is 1. The van der Waals surface area contributed by atoms with E-state index in [9.17, 15) is 24.6 Å². The van der Waals surface area contributed by atoms with Gasteiger partial charge in [-0.25, -0.2) is 0 Å². The molecule has 2 N–H and O–H groups in total. The second kappa shape index (κ2) is 10.1. The Morgan fingerprint density at radius 2 is 2.00 bits per heavy atom. The first-order chi connectivity index (χ1) is 16.2. The zero-order chi connectivity index (χ0) is 24.8. The van der Waals surface area contributed by atoms with Gasteiger partial charge in [0.25, 0.3) is 0 Å². The molecule has 3 saturated heterocycles. The van der Waals surface area contributed by atoms with E-state index in [1.54, 1.807) is 11.0 Å². The van der Waals surface area contributed by atoms with Crippen LogP contribution >= 0.6 is 27.7 Å². The minimum atomic E-state index is -0.977. The van der Waals surface area contributed by atoms with Crippen molar-refractivity contribution in [1.82, 2.24) is 9.80 Å². The summed E-state index contributed by atoms with van der Waals surface area (Å²) in [6, 6.07) is -1.19. The average molecular weight is 558 g/mol. The molecule has 4 fully saturated rings. The first-order valence-electron chi connectivity index (χ1n) is 12.6. The lowest BCUT2D eigenvalue weighted by atomic mass is 9.71. The molecule has 190 valence electrons. The topological polar surface area (TPSA) is 98.2 Å². The van der Waals surface area contributed by atoms with Crippen molar-refractivity contribution in [3.63, 3.8) is 0 Å². The third kappa shape index (κ3) is 4.13. The molecule has 4 aliphatic rings. The molecule has 34 heavy (non-hydrogen) atoms. The second-order valence-corrected chi connectivity index (χ2v) is 13.5. The zero-order valence-corrected chi connectivity index (χ0v) is 22.5. The predicted octanol–water partition coefficient (Wildman–Crippen LogP) is 3.29. The molecule has 3 aliphatic heterocycles. The minimum Gasteiger partial charge on any atom is -0.481 e. The molecule has 1 saturated carbocycles. The summed E-state index contributed by atoms with van der Waals surface area (Å²) in [6.45, 7) is 8.10. The summed E-state index contributed by atoms with van der Waals surface area (Å²) >= 11 is 5.21. The molecule has 0 radical (unpaired) electrons. The number of likely N-dealkylation sites (tertiary alicyclic amines) is 1. The third-order valence-corrected chi connectivity index (χ3v) is 11.4. The fourth-order valence-corrected chi connectivity index (χ4v) is 10.5. The highest BCUT2D eigenvalue weighted by Gasteiger charge is 2.76. The van der Waals surface area contributed by atoms with Crippen LogP contribution in [-0.4, -0.2) is 83.9 Å². The van der Waals surface area contributed by atoms with Crippen LogP contribution in [0.15, 0.2) is 12.7 Å². The Morgan fingerprint density at radius 1 is 1.32 bits per heavy atom. The van der Waals surface area contributed by atoms with Crippen LogP contribution in [0.3, 0.4) is 0 Å². The number of nitrogens with zero attached hydrogens (tertiary/aromatic N) is 2. The number of aliphatic hydroxyl groups excluding tert-OH is 1. The molecule has 4 rings (SSSR count). The standard InChI is InChI=1S/C25H37BrN2O5S/c1-4-10-27(15-8-6-5-7-9-15)23(31)21-25-12-17(26)20(34-25)18(24(32)33)19(25)22(30)28(21)16(13-29)11-14(2)3/h4,14-21,29H,1,5-13H2,2-3H3,(H,32,33)/t16-,17?,18-,19+,20-,21?,25?/m1/s1. The molecule has 2 bridgehead atoms. The molecule has 1 aliphatic carbocycles. The highest BCUT2D eigenvalue weighted by Crippen LogP contribution is 2.68. The van der Waals surface area contributed by atoms with Crippen LogP contribution in [0.25, 0.3) is 0 Å². The summed E-state index contributed by atoms with van der Waals surface area (Å²) in [4.78, 5) is 44.2. The van der Waals surface area contributed by atoms with E-state index in [-0.39, 0.29) is 40.5 Å². The van der Waals surface area contributed by atoms with Crippen molar-refractivity contribution in [2.24, 2.45) is 17.8 Å². The summed E-state index contributed by atoms with van der Waals surface area (Å²) in [5, 5.41) is 20.2. The van der Waals surface area contributed by atoms with Crippen molar-refractivity contribution in [3.05, 3.63) is 12.7 Å². The van der Waals surface area contributed by atoms with Gasteiger partial charge in [0.15, 0.2) is 0 Å². The van der Waals surface area contributed by atoms with Crippen LogP contribution in [-0.2, 0) is 14.4 Å². The molecule has 9 heteroatoms. The largest absolute Gasteiger partial charge is 0.481 e. The molecule has 7 atom stereocenters. The Hall–Kier alpha value is -1.06. The van der Waals surface area contributed by atoms with Crippen LogP contribution in [0.5, 0.6) is 0 Å². The normalized spacial score (nSPS) is 36.1. The number of hydrogen-bond donors (Lipinski definition) is 2. The maximum Gasteiger partial charge on any atom is 0.308 e. The van der Waals surface area contributed by atoms with Gasteiger partial charge in [-0.3, -0.25) is 14.4 Å². The van der Waals surface area contributed by atoms with Gasteiger partial charge in [-0.05, 0) is 31.6 Å². The van der Waals surface area contributed by atoms with Gasteiger partial charge in [0, 0.05) is 22.7 Å². The molecule has 7 nitrogen and oxygen atoms in total. The quantitative estimate of drug-likeness (QED) is 0.334. The van der Waals surface area contributed by atoms with Crippen molar-refractivity contribution in [2.75, 3.05) is 13.2 Å². The lowest BCUT2D eigenvalue weighted by Crippen LogP contribution is -2.59. The molecular formula is C25H37BrN2O5S.